The molecule has 1 saturated carbocycles. The van der Waals surface area contributed by atoms with Crippen molar-refractivity contribution in [2.24, 2.45) is 16.8 Å². The van der Waals surface area contributed by atoms with E-state index in [0.717, 1.165) is 41.9 Å². The second kappa shape index (κ2) is 10.5. The number of thiophene rings is 1. The monoisotopic (exact) mass is 564 g/mol. The van der Waals surface area contributed by atoms with Gasteiger partial charge < -0.3 is 21.3 Å². The molecule has 7 nitrogen and oxygen atoms in total. The van der Waals surface area contributed by atoms with Gasteiger partial charge in [-0.2, -0.15) is 0 Å². The summed E-state index contributed by atoms with van der Waals surface area (Å²) in [6.45, 7) is 2.49. The number of rotatable bonds is 5. The number of aliphatic imine (C=N–C) groups is 1. The van der Waals surface area contributed by atoms with Crippen LogP contribution in [0.1, 0.15) is 36.6 Å². The predicted molar refractivity (Wildman–Crippen MR) is 163 cm³/mol. The Morgan fingerprint density at radius 2 is 2.10 bits per heavy atom. The highest BCUT2D eigenvalue weighted by molar-refractivity contribution is 7.11. The molecule has 4 aliphatic rings. The molecule has 3 aromatic rings. The van der Waals surface area contributed by atoms with Crippen LogP contribution in [0, 0.1) is 17.7 Å². The highest BCUT2D eigenvalue weighted by Crippen LogP contribution is 2.39. The maximum atomic E-state index is 16.4. The minimum Gasteiger partial charge on any atom is -0.366 e. The molecule has 41 heavy (non-hydrogen) atoms. The molecule has 5 heterocycles. The Morgan fingerprint density at radius 1 is 1.20 bits per heavy atom. The van der Waals surface area contributed by atoms with Gasteiger partial charge in [-0.1, -0.05) is 31.6 Å². The molecule has 0 bridgehead atoms. The van der Waals surface area contributed by atoms with Crippen LogP contribution < -0.4 is 21.3 Å². The van der Waals surface area contributed by atoms with Crippen LogP contribution in [0.4, 0.5) is 15.8 Å². The number of aromatic nitrogens is 1. The number of allylic oxidation sites excluding steroid dienone is 6. The average Bonchev–Trinajstić information content (AvgIpc) is 3.39. The number of halogens is 1. The number of nitrogens with zero attached hydrogens (tertiary/aromatic N) is 2. The van der Waals surface area contributed by atoms with Gasteiger partial charge in [-0.3, -0.25) is 14.8 Å². The van der Waals surface area contributed by atoms with E-state index in [1.807, 2.05) is 18.3 Å². The molecule has 1 aliphatic carbocycles. The SMILES string of the molecule is CC1C=C(C2=NCNc3ccc(-c4cncc(NC(=O)C5CCC5)c4)c(F)c32)NC2=C1C(c1cccs1)=CC=CN2. The summed E-state index contributed by atoms with van der Waals surface area (Å²) in [6, 6.07) is 9.59. The number of pyridine rings is 1. The van der Waals surface area contributed by atoms with Crippen molar-refractivity contribution in [3.63, 3.8) is 0 Å². The van der Waals surface area contributed by atoms with Gasteiger partial charge in [0.2, 0.25) is 5.91 Å². The highest BCUT2D eigenvalue weighted by atomic mass is 32.1. The lowest BCUT2D eigenvalue weighted by atomic mass is 9.85. The molecule has 3 aliphatic heterocycles. The molecular formula is C32H29FN6OS. The van der Waals surface area contributed by atoms with E-state index in [-0.39, 0.29) is 23.6 Å². The summed E-state index contributed by atoms with van der Waals surface area (Å²) in [5.74, 6) is 0.572. The Bertz CT molecular complexity index is 1700. The van der Waals surface area contributed by atoms with E-state index >= 15 is 4.39 Å². The summed E-state index contributed by atoms with van der Waals surface area (Å²) in [5.41, 5.74) is 6.27. The first-order valence-electron chi connectivity index (χ1n) is 13.9. The van der Waals surface area contributed by atoms with Crippen LogP contribution in [-0.4, -0.2) is 23.3 Å². The summed E-state index contributed by atoms with van der Waals surface area (Å²) in [5, 5.41) is 15.1. The Labute approximate surface area is 241 Å². The summed E-state index contributed by atoms with van der Waals surface area (Å²) in [4.78, 5) is 22.7. The van der Waals surface area contributed by atoms with Gasteiger partial charge in [-0.15, -0.1) is 11.3 Å². The lowest BCUT2D eigenvalue weighted by Crippen LogP contribution is -2.35. The van der Waals surface area contributed by atoms with Gasteiger partial charge >= 0.3 is 0 Å². The van der Waals surface area contributed by atoms with Gasteiger partial charge in [-0.05, 0) is 54.1 Å². The van der Waals surface area contributed by atoms with Gasteiger partial charge in [0, 0.05) is 51.5 Å². The van der Waals surface area contributed by atoms with Crippen LogP contribution >= 0.6 is 11.3 Å². The summed E-state index contributed by atoms with van der Waals surface area (Å²) >= 11 is 1.70. The number of carbonyl (C=O) groups excluding carboxylic acids is 1. The molecule has 1 unspecified atom stereocenters. The zero-order valence-corrected chi connectivity index (χ0v) is 23.3. The lowest BCUT2D eigenvalue weighted by molar-refractivity contribution is -0.122. The highest BCUT2D eigenvalue weighted by Gasteiger charge is 2.31. The number of fused-ring (bicyclic) bond motifs is 1. The summed E-state index contributed by atoms with van der Waals surface area (Å²) in [7, 11) is 0. The van der Waals surface area contributed by atoms with Crippen molar-refractivity contribution < 1.29 is 9.18 Å². The Balaban J connectivity index is 1.22. The second-order valence-corrected chi connectivity index (χ2v) is 11.6. The molecule has 1 amide bonds. The Morgan fingerprint density at radius 3 is 2.90 bits per heavy atom. The van der Waals surface area contributed by atoms with Crippen molar-refractivity contribution in [1.82, 2.24) is 15.6 Å². The zero-order valence-electron chi connectivity index (χ0n) is 22.5. The van der Waals surface area contributed by atoms with Gasteiger partial charge in [0.25, 0.3) is 0 Å². The molecule has 0 saturated heterocycles. The molecule has 0 radical (unpaired) electrons. The van der Waals surface area contributed by atoms with Crippen molar-refractivity contribution in [1.29, 1.82) is 0 Å². The summed E-state index contributed by atoms with van der Waals surface area (Å²) < 4.78 is 16.4. The Hall–Kier alpha value is -4.50. The van der Waals surface area contributed by atoms with E-state index in [4.69, 9.17) is 4.99 Å². The third-order valence-electron chi connectivity index (χ3n) is 8.00. The minimum absolute atomic E-state index is 0.00288. The van der Waals surface area contributed by atoms with Crippen molar-refractivity contribution in [2.45, 2.75) is 26.2 Å². The van der Waals surface area contributed by atoms with Crippen LogP contribution in [0.15, 0.2) is 94.6 Å². The normalized spacial score (nSPS) is 19.7. The Kier molecular flexibility index (Phi) is 6.51. The fourth-order valence-corrected chi connectivity index (χ4v) is 6.47. The first kappa shape index (κ1) is 25.5. The molecule has 206 valence electrons. The molecule has 1 fully saturated rings. The summed E-state index contributed by atoms with van der Waals surface area (Å²) in [6.07, 6.45) is 14.3. The van der Waals surface area contributed by atoms with Gasteiger partial charge in [-0.25, -0.2) is 4.39 Å². The van der Waals surface area contributed by atoms with Crippen LogP contribution in [-0.2, 0) is 4.79 Å². The first-order valence-corrected chi connectivity index (χ1v) is 14.7. The number of anilines is 2. The molecule has 1 aromatic carbocycles. The van der Waals surface area contributed by atoms with E-state index in [2.05, 4.69) is 62.8 Å². The maximum Gasteiger partial charge on any atom is 0.227 e. The predicted octanol–water partition coefficient (Wildman–Crippen LogP) is 6.40. The number of amides is 1. The second-order valence-electron chi connectivity index (χ2n) is 10.6. The van der Waals surface area contributed by atoms with Crippen molar-refractivity contribution >= 4 is 39.9 Å². The maximum absolute atomic E-state index is 16.4. The average molecular weight is 565 g/mol. The van der Waals surface area contributed by atoms with Crippen molar-refractivity contribution in [3.05, 3.63) is 106 Å². The minimum atomic E-state index is -0.388. The van der Waals surface area contributed by atoms with Crippen LogP contribution in [0.3, 0.4) is 0 Å². The van der Waals surface area contributed by atoms with Crippen molar-refractivity contribution in [2.75, 3.05) is 17.3 Å². The number of dihydropyridines is 1. The topological polar surface area (TPSA) is 90.4 Å². The smallest absolute Gasteiger partial charge is 0.227 e. The fraction of sp³-hybridized carbons (Fsp3) is 0.219. The number of hydrogen-bond donors (Lipinski definition) is 4. The molecule has 0 spiro atoms. The molecule has 2 aromatic heterocycles. The van der Waals surface area contributed by atoms with Gasteiger partial charge in [0.1, 0.15) is 18.3 Å². The van der Waals surface area contributed by atoms with E-state index in [1.165, 1.54) is 4.88 Å². The standard InChI is InChI=1S/C32H29FN6OS/c1-18-13-25(39-31-27(18)23(7-3-11-35-31)26-8-4-12-41-26)30-28-24(36-17-37-30)10-9-22(29(28)33)20-14-21(16-34-15-20)38-32(40)19-5-2-6-19/h3-4,7-16,18-19,35-36,39H,2,5-6,17H2,1H3,(H,38,40). The molecule has 7 rings (SSSR count). The van der Waals surface area contributed by atoms with Gasteiger partial charge in [0.15, 0.2) is 0 Å². The number of hydrogen-bond acceptors (Lipinski definition) is 7. The molecular weight excluding hydrogens is 535 g/mol. The van der Waals surface area contributed by atoms with Crippen LogP contribution in [0.25, 0.3) is 16.7 Å². The number of benzene rings is 1. The quantitative estimate of drug-likeness (QED) is 0.288. The molecule has 9 heteroatoms. The van der Waals surface area contributed by atoms with E-state index < -0.39 is 0 Å². The zero-order chi connectivity index (χ0) is 27.9. The van der Waals surface area contributed by atoms with Crippen LogP contribution in [0.5, 0.6) is 0 Å². The molecule has 1 atom stereocenters. The van der Waals surface area contributed by atoms with Gasteiger partial charge in [0.05, 0.1) is 28.9 Å². The van der Waals surface area contributed by atoms with Crippen LogP contribution in [0.2, 0.25) is 0 Å². The van der Waals surface area contributed by atoms with E-state index in [9.17, 15) is 4.79 Å². The van der Waals surface area contributed by atoms with Crippen molar-refractivity contribution in [3.8, 4) is 11.1 Å². The first-order chi connectivity index (χ1) is 20.1. The third kappa shape index (κ3) is 4.66. The molecule has 4 N–H and O–H groups in total. The third-order valence-corrected chi connectivity index (χ3v) is 8.90. The van der Waals surface area contributed by atoms with E-state index in [0.29, 0.717) is 40.4 Å². The lowest BCUT2D eigenvalue weighted by Gasteiger charge is -2.30. The fourth-order valence-electron chi connectivity index (χ4n) is 5.70. The largest absolute Gasteiger partial charge is 0.366 e. The number of carbonyl (C=O) groups is 1. The van der Waals surface area contributed by atoms with E-state index in [1.54, 1.807) is 35.9 Å². The number of nitrogens with one attached hydrogen (secondary N) is 4.